The number of hydrogen-bond donors (Lipinski definition) is 1. The summed E-state index contributed by atoms with van der Waals surface area (Å²) in [6.07, 6.45) is 1.23. The summed E-state index contributed by atoms with van der Waals surface area (Å²) < 4.78 is 10.6. The number of aryl methyl sites for hydroxylation is 1. The fourth-order valence-electron chi connectivity index (χ4n) is 2.20. The fraction of sp³-hybridized carbons (Fsp3) is 0.588. The first-order valence-electron chi connectivity index (χ1n) is 7.38. The lowest BCUT2D eigenvalue weighted by molar-refractivity contribution is -0.146. The number of benzene rings is 1. The summed E-state index contributed by atoms with van der Waals surface area (Å²) >= 11 is 0. The molecule has 21 heavy (non-hydrogen) atoms. The Kier molecular flexibility index (Phi) is 6.21. The van der Waals surface area contributed by atoms with Gasteiger partial charge in [0.15, 0.2) is 0 Å². The topological polar surface area (TPSA) is 61.5 Å². The van der Waals surface area contributed by atoms with Gasteiger partial charge in [0.2, 0.25) is 0 Å². The van der Waals surface area contributed by atoms with Gasteiger partial charge in [0, 0.05) is 0 Å². The van der Waals surface area contributed by atoms with Crippen molar-refractivity contribution in [2.45, 2.75) is 52.0 Å². The van der Waals surface area contributed by atoms with Gasteiger partial charge in [-0.05, 0) is 49.8 Å². The highest BCUT2D eigenvalue weighted by Gasteiger charge is 2.28. The average Bonchev–Trinajstić information content (AvgIpc) is 2.42. The van der Waals surface area contributed by atoms with E-state index in [1.165, 1.54) is 18.2 Å². The smallest absolute Gasteiger partial charge is 0.325 e. The molecule has 0 amide bonds. The van der Waals surface area contributed by atoms with Crippen LogP contribution < -0.4 is 10.5 Å². The monoisotopic (exact) mass is 293 g/mol. The highest BCUT2D eigenvalue weighted by atomic mass is 16.5. The average molecular weight is 293 g/mol. The molecule has 0 bridgehead atoms. The van der Waals surface area contributed by atoms with Gasteiger partial charge < -0.3 is 15.2 Å². The molecule has 0 aromatic heterocycles. The van der Waals surface area contributed by atoms with Gasteiger partial charge in [0.1, 0.15) is 11.3 Å². The lowest BCUT2D eigenvalue weighted by Crippen LogP contribution is -2.45. The predicted octanol–water partition coefficient (Wildman–Crippen LogP) is 3.17. The maximum atomic E-state index is 11.5. The van der Waals surface area contributed by atoms with E-state index in [1.54, 1.807) is 6.92 Å². The standard InChI is InChI=1S/C17H27NO3/c1-12(2)14-8-7-13(3)11-15(14)21-10-6-9-17(4,18)16(19)20-5/h7-8,11-12H,6,9-10,18H2,1-5H3. The Morgan fingerprint density at radius 2 is 2.05 bits per heavy atom. The van der Waals surface area contributed by atoms with Crippen LogP contribution in [-0.4, -0.2) is 25.2 Å². The molecule has 118 valence electrons. The van der Waals surface area contributed by atoms with E-state index < -0.39 is 5.54 Å². The fourth-order valence-corrected chi connectivity index (χ4v) is 2.20. The molecule has 0 aliphatic rings. The highest BCUT2D eigenvalue weighted by molar-refractivity contribution is 5.79. The van der Waals surface area contributed by atoms with Gasteiger partial charge in [-0.1, -0.05) is 26.0 Å². The number of carbonyl (C=O) groups is 1. The van der Waals surface area contributed by atoms with Crippen molar-refractivity contribution >= 4 is 5.97 Å². The van der Waals surface area contributed by atoms with Crippen molar-refractivity contribution in [2.24, 2.45) is 5.73 Å². The number of hydrogen-bond acceptors (Lipinski definition) is 4. The van der Waals surface area contributed by atoms with E-state index in [0.29, 0.717) is 25.4 Å². The normalized spacial score (nSPS) is 13.9. The van der Waals surface area contributed by atoms with Gasteiger partial charge in [-0.2, -0.15) is 0 Å². The quantitative estimate of drug-likeness (QED) is 0.619. The van der Waals surface area contributed by atoms with Crippen LogP contribution in [0, 0.1) is 6.92 Å². The van der Waals surface area contributed by atoms with Gasteiger partial charge in [-0.15, -0.1) is 0 Å². The molecule has 0 spiro atoms. The second-order valence-electron chi connectivity index (χ2n) is 6.06. The maximum Gasteiger partial charge on any atom is 0.325 e. The zero-order valence-electron chi connectivity index (χ0n) is 13.7. The number of nitrogens with two attached hydrogens (primary N) is 1. The van der Waals surface area contributed by atoms with E-state index in [2.05, 4.69) is 32.0 Å². The minimum atomic E-state index is -0.953. The molecule has 1 aromatic carbocycles. The van der Waals surface area contributed by atoms with Crippen LogP contribution in [0.2, 0.25) is 0 Å². The summed E-state index contributed by atoms with van der Waals surface area (Å²) in [5.41, 5.74) is 7.34. The SMILES string of the molecule is COC(=O)C(C)(N)CCCOc1cc(C)ccc1C(C)C. The van der Waals surface area contributed by atoms with Crippen molar-refractivity contribution in [1.82, 2.24) is 0 Å². The molecule has 0 fully saturated rings. The third-order valence-electron chi connectivity index (χ3n) is 3.54. The summed E-state index contributed by atoms with van der Waals surface area (Å²) in [5, 5.41) is 0. The Balaban J connectivity index is 2.57. The van der Waals surface area contributed by atoms with Crippen LogP contribution in [0.1, 0.15) is 50.7 Å². The van der Waals surface area contributed by atoms with Gasteiger partial charge >= 0.3 is 5.97 Å². The summed E-state index contributed by atoms with van der Waals surface area (Å²) in [5.74, 6) is 0.943. The van der Waals surface area contributed by atoms with E-state index in [-0.39, 0.29) is 5.97 Å². The Labute approximate surface area is 127 Å². The number of ether oxygens (including phenoxy) is 2. The number of rotatable bonds is 7. The van der Waals surface area contributed by atoms with Crippen molar-refractivity contribution in [2.75, 3.05) is 13.7 Å². The zero-order chi connectivity index (χ0) is 16.0. The molecule has 1 unspecified atom stereocenters. The summed E-state index contributed by atoms with van der Waals surface area (Å²) in [6, 6.07) is 6.25. The van der Waals surface area contributed by atoms with Gasteiger partial charge in [0.25, 0.3) is 0 Å². The van der Waals surface area contributed by atoms with Crippen LogP contribution in [0.3, 0.4) is 0 Å². The molecule has 4 heteroatoms. The van der Waals surface area contributed by atoms with E-state index in [9.17, 15) is 4.79 Å². The lowest BCUT2D eigenvalue weighted by Gasteiger charge is -2.21. The minimum Gasteiger partial charge on any atom is -0.493 e. The second-order valence-corrected chi connectivity index (χ2v) is 6.06. The van der Waals surface area contributed by atoms with Crippen molar-refractivity contribution in [1.29, 1.82) is 0 Å². The first kappa shape index (κ1) is 17.5. The van der Waals surface area contributed by atoms with E-state index in [4.69, 9.17) is 15.2 Å². The van der Waals surface area contributed by atoms with Crippen LogP contribution in [0.25, 0.3) is 0 Å². The van der Waals surface area contributed by atoms with Crippen molar-refractivity contribution in [3.63, 3.8) is 0 Å². The summed E-state index contributed by atoms with van der Waals surface area (Å²) in [6.45, 7) is 8.56. The molecule has 2 N–H and O–H groups in total. The van der Waals surface area contributed by atoms with Crippen LogP contribution >= 0.6 is 0 Å². The Morgan fingerprint density at radius 3 is 2.62 bits per heavy atom. The van der Waals surface area contributed by atoms with E-state index in [1.807, 2.05) is 6.92 Å². The summed E-state index contributed by atoms with van der Waals surface area (Å²) in [4.78, 5) is 11.5. The Morgan fingerprint density at radius 1 is 1.38 bits per heavy atom. The molecule has 0 saturated carbocycles. The van der Waals surface area contributed by atoms with E-state index >= 15 is 0 Å². The predicted molar refractivity (Wildman–Crippen MR) is 84.6 cm³/mol. The number of methoxy groups -OCH3 is 1. The number of carbonyl (C=O) groups excluding carboxylic acids is 1. The third kappa shape index (κ3) is 5.05. The molecule has 1 atom stereocenters. The van der Waals surface area contributed by atoms with Crippen molar-refractivity contribution in [3.05, 3.63) is 29.3 Å². The van der Waals surface area contributed by atoms with Crippen LogP contribution in [0.15, 0.2) is 18.2 Å². The molecule has 1 aromatic rings. The zero-order valence-corrected chi connectivity index (χ0v) is 13.7. The summed E-state index contributed by atoms with van der Waals surface area (Å²) in [7, 11) is 1.35. The van der Waals surface area contributed by atoms with Crippen molar-refractivity contribution < 1.29 is 14.3 Å². The minimum absolute atomic E-state index is 0.388. The van der Waals surface area contributed by atoms with Crippen LogP contribution in [0.4, 0.5) is 0 Å². The maximum absolute atomic E-state index is 11.5. The van der Waals surface area contributed by atoms with E-state index in [0.717, 1.165) is 5.75 Å². The third-order valence-corrected chi connectivity index (χ3v) is 3.54. The molecule has 0 saturated heterocycles. The van der Waals surface area contributed by atoms with Gasteiger partial charge in [-0.25, -0.2) is 0 Å². The Hall–Kier alpha value is -1.55. The first-order valence-corrected chi connectivity index (χ1v) is 7.38. The Bertz CT molecular complexity index is 481. The lowest BCUT2D eigenvalue weighted by atomic mass is 9.97. The first-order chi connectivity index (χ1) is 9.77. The van der Waals surface area contributed by atoms with Crippen LogP contribution in [0.5, 0.6) is 5.75 Å². The number of esters is 1. The van der Waals surface area contributed by atoms with Crippen molar-refractivity contribution in [3.8, 4) is 5.75 Å². The molecule has 0 heterocycles. The highest BCUT2D eigenvalue weighted by Crippen LogP contribution is 2.27. The molecule has 4 nitrogen and oxygen atoms in total. The molecular formula is C17H27NO3. The van der Waals surface area contributed by atoms with Gasteiger partial charge in [-0.3, -0.25) is 4.79 Å². The van der Waals surface area contributed by atoms with Gasteiger partial charge in [0.05, 0.1) is 13.7 Å². The van der Waals surface area contributed by atoms with Crippen LogP contribution in [-0.2, 0) is 9.53 Å². The largest absolute Gasteiger partial charge is 0.493 e. The second kappa shape index (κ2) is 7.46. The molecule has 0 aliphatic carbocycles. The molecule has 0 aliphatic heterocycles. The molecule has 0 radical (unpaired) electrons. The molecule has 1 rings (SSSR count). The molecular weight excluding hydrogens is 266 g/mol.